The van der Waals surface area contributed by atoms with Gasteiger partial charge in [0.1, 0.15) is 6.04 Å². The Morgan fingerprint density at radius 2 is 1.74 bits per heavy atom. The number of carbonyl (C=O) groups is 1. The summed E-state index contributed by atoms with van der Waals surface area (Å²) in [6.07, 6.45) is 2.61. The molecule has 4 nitrogen and oxygen atoms in total. The van der Waals surface area contributed by atoms with Crippen LogP contribution >= 0.6 is 0 Å². The third-order valence-electron chi connectivity index (χ3n) is 3.06. The summed E-state index contributed by atoms with van der Waals surface area (Å²) in [6.45, 7) is 6.43. The number of hydrogen-bond acceptors (Lipinski definition) is 3. The molecule has 19 heavy (non-hydrogen) atoms. The van der Waals surface area contributed by atoms with Crippen LogP contribution in [-0.4, -0.2) is 30.2 Å². The summed E-state index contributed by atoms with van der Waals surface area (Å²) in [5.74, 6) is -0.956. The van der Waals surface area contributed by atoms with Crippen LogP contribution < -0.4 is 10.6 Å². The Bertz CT molecular complexity index is 384. The van der Waals surface area contributed by atoms with Crippen molar-refractivity contribution in [3.05, 3.63) is 29.8 Å². The third-order valence-corrected chi connectivity index (χ3v) is 3.06. The summed E-state index contributed by atoms with van der Waals surface area (Å²) in [6, 6.07) is 7.21. The van der Waals surface area contributed by atoms with Crippen LogP contribution in [0, 0.1) is 0 Å². The maximum Gasteiger partial charge on any atom is 0.320 e. The molecule has 0 spiro atoms. The van der Waals surface area contributed by atoms with Crippen molar-refractivity contribution in [2.45, 2.75) is 39.2 Å². The number of hydrogen-bond donors (Lipinski definition) is 2. The second-order valence-electron chi connectivity index (χ2n) is 4.80. The van der Waals surface area contributed by atoms with Crippen molar-refractivity contribution in [3.63, 3.8) is 0 Å². The highest BCUT2D eigenvalue weighted by molar-refractivity contribution is 5.73. The van der Waals surface area contributed by atoms with Gasteiger partial charge in [0.15, 0.2) is 0 Å². The molecule has 1 atom stereocenters. The minimum absolute atomic E-state index is 0.372. The summed E-state index contributed by atoms with van der Waals surface area (Å²) in [7, 11) is 0. The highest BCUT2D eigenvalue weighted by Gasteiger charge is 2.12. The van der Waals surface area contributed by atoms with E-state index in [-0.39, 0.29) is 0 Å². The van der Waals surface area contributed by atoms with Gasteiger partial charge >= 0.3 is 5.97 Å². The second kappa shape index (κ2) is 7.79. The molecule has 1 rings (SSSR count). The van der Waals surface area contributed by atoms with Crippen LogP contribution in [0.3, 0.4) is 0 Å². The molecule has 106 valence electrons. The number of benzene rings is 1. The molecule has 0 radical (unpaired) electrons. The molecule has 0 aliphatic carbocycles. The number of aliphatic carboxylic acids is 1. The molecule has 0 aromatic heterocycles. The molecule has 0 saturated heterocycles. The van der Waals surface area contributed by atoms with Crippen molar-refractivity contribution < 1.29 is 9.90 Å². The predicted molar refractivity (Wildman–Crippen MR) is 78.6 cm³/mol. The van der Waals surface area contributed by atoms with E-state index in [0.717, 1.165) is 31.5 Å². The van der Waals surface area contributed by atoms with Gasteiger partial charge < -0.3 is 15.7 Å². The van der Waals surface area contributed by atoms with Gasteiger partial charge in [0.2, 0.25) is 0 Å². The molecule has 0 unspecified atom stereocenters. The molecule has 1 aromatic carbocycles. The van der Waals surface area contributed by atoms with Gasteiger partial charge in [-0.25, -0.2) is 0 Å². The number of rotatable bonds is 8. The van der Waals surface area contributed by atoms with E-state index in [2.05, 4.69) is 30.9 Å². The smallest absolute Gasteiger partial charge is 0.320 e. The molecular weight excluding hydrogens is 240 g/mol. The first-order chi connectivity index (χ1) is 9.08. The van der Waals surface area contributed by atoms with Crippen LogP contribution in [0.2, 0.25) is 0 Å². The Morgan fingerprint density at radius 3 is 2.16 bits per heavy atom. The monoisotopic (exact) mass is 264 g/mol. The molecule has 3 N–H and O–H groups in total. The molecule has 0 saturated carbocycles. The summed E-state index contributed by atoms with van der Waals surface area (Å²) < 4.78 is 0. The van der Waals surface area contributed by atoms with Crippen LogP contribution in [0.4, 0.5) is 5.69 Å². The van der Waals surface area contributed by atoms with Gasteiger partial charge in [-0.1, -0.05) is 26.0 Å². The van der Waals surface area contributed by atoms with Crippen molar-refractivity contribution in [3.8, 4) is 0 Å². The number of carboxylic acids is 1. The van der Waals surface area contributed by atoms with Gasteiger partial charge in [0.25, 0.3) is 0 Å². The van der Waals surface area contributed by atoms with Crippen LogP contribution in [0.15, 0.2) is 24.3 Å². The molecule has 0 aliphatic rings. The lowest BCUT2D eigenvalue weighted by Crippen LogP contribution is -2.32. The van der Waals surface area contributed by atoms with Gasteiger partial charge in [-0.2, -0.15) is 0 Å². The molecule has 0 fully saturated rings. The molecular formula is C15H24N2O2. The van der Waals surface area contributed by atoms with E-state index in [1.807, 2.05) is 12.1 Å². The molecule has 0 aliphatic heterocycles. The first-order valence-corrected chi connectivity index (χ1v) is 6.90. The quantitative estimate of drug-likeness (QED) is 0.756. The van der Waals surface area contributed by atoms with E-state index in [1.54, 1.807) is 0 Å². The van der Waals surface area contributed by atoms with E-state index in [4.69, 9.17) is 10.8 Å². The minimum Gasteiger partial charge on any atom is -0.480 e. The van der Waals surface area contributed by atoms with Crippen molar-refractivity contribution in [1.29, 1.82) is 0 Å². The number of carboxylic acid groups (broad SMARTS) is 1. The van der Waals surface area contributed by atoms with Crippen LogP contribution in [-0.2, 0) is 11.2 Å². The lowest BCUT2D eigenvalue weighted by Gasteiger charge is -2.24. The predicted octanol–water partition coefficient (Wildman–Crippen LogP) is 2.27. The Kier molecular flexibility index (Phi) is 6.36. The Hall–Kier alpha value is -1.55. The number of anilines is 1. The zero-order valence-electron chi connectivity index (χ0n) is 11.8. The molecule has 0 bridgehead atoms. The SMILES string of the molecule is CCCN(CCC)c1ccc(C[C@H](N)C(=O)O)cc1. The maximum absolute atomic E-state index is 10.7. The van der Waals surface area contributed by atoms with Crippen molar-refractivity contribution >= 4 is 11.7 Å². The third kappa shape index (κ3) is 4.91. The second-order valence-corrected chi connectivity index (χ2v) is 4.80. The van der Waals surface area contributed by atoms with E-state index >= 15 is 0 Å². The standard InChI is InChI=1S/C15H24N2O2/c1-3-9-17(10-4-2)13-7-5-12(6-8-13)11-14(16)15(18)19/h5-8,14H,3-4,9-11,16H2,1-2H3,(H,18,19)/t14-/m0/s1. The van der Waals surface area contributed by atoms with Gasteiger partial charge in [0, 0.05) is 18.8 Å². The fourth-order valence-corrected chi connectivity index (χ4v) is 2.09. The first-order valence-electron chi connectivity index (χ1n) is 6.90. The fourth-order valence-electron chi connectivity index (χ4n) is 2.09. The van der Waals surface area contributed by atoms with Crippen LogP contribution in [0.1, 0.15) is 32.3 Å². The van der Waals surface area contributed by atoms with E-state index in [9.17, 15) is 4.79 Å². The van der Waals surface area contributed by atoms with Gasteiger partial charge in [-0.15, -0.1) is 0 Å². The van der Waals surface area contributed by atoms with E-state index in [1.165, 1.54) is 5.69 Å². The molecule has 0 heterocycles. The zero-order chi connectivity index (χ0) is 14.3. The van der Waals surface area contributed by atoms with Gasteiger partial charge in [-0.05, 0) is 37.0 Å². The average Bonchev–Trinajstić information content (AvgIpc) is 2.39. The van der Waals surface area contributed by atoms with E-state index in [0.29, 0.717) is 6.42 Å². The maximum atomic E-state index is 10.7. The van der Waals surface area contributed by atoms with Crippen LogP contribution in [0.25, 0.3) is 0 Å². The fraction of sp³-hybridized carbons (Fsp3) is 0.533. The van der Waals surface area contributed by atoms with Crippen molar-refractivity contribution in [2.75, 3.05) is 18.0 Å². The number of nitrogens with zero attached hydrogens (tertiary/aromatic N) is 1. The van der Waals surface area contributed by atoms with Gasteiger partial charge in [0.05, 0.1) is 0 Å². The van der Waals surface area contributed by atoms with Crippen molar-refractivity contribution in [2.24, 2.45) is 5.73 Å². The van der Waals surface area contributed by atoms with Gasteiger partial charge in [-0.3, -0.25) is 4.79 Å². The summed E-state index contributed by atoms with van der Waals surface area (Å²) in [4.78, 5) is 13.1. The lowest BCUT2D eigenvalue weighted by molar-refractivity contribution is -0.138. The molecule has 0 amide bonds. The Balaban J connectivity index is 2.71. The van der Waals surface area contributed by atoms with Crippen LogP contribution in [0.5, 0.6) is 0 Å². The first kappa shape index (κ1) is 15.5. The Labute approximate surface area is 115 Å². The minimum atomic E-state index is -0.956. The topological polar surface area (TPSA) is 66.6 Å². The number of nitrogens with two attached hydrogens (primary N) is 1. The summed E-state index contributed by atoms with van der Waals surface area (Å²) in [5, 5.41) is 8.79. The highest BCUT2D eigenvalue weighted by Crippen LogP contribution is 2.17. The summed E-state index contributed by atoms with van der Waals surface area (Å²) >= 11 is 0. The largest absolute Gasteiger partial charge is 0.480 e. The molecule has 1 aromatic rings. The normalized spacial score (nSPS) is 12.2. The van der Waals surface area contributed by atoms with Crippen molar-refractivity contribution in [1.82, 2.24) is 0 Å². The molecule has 4 heteroatoms. The summed E-state index contributed by atoms with van der Waals surface area (Å²) in [5.41, 5.74) is 7.69. The zero-order valence-corrected chi connectivity index (χ0v) is 11.8. The Morgan fingerprint density at radius 1 is 1.21 bits per heavy atom. The average molecular weight is 264 g/mol. The highest BCUT2D eigenvalue weighted by atomic mass is 16.4. The van der Waals surface area contributed by atoms with E-state index < -0.39 is 12.0 Å². The lowest BCUT2D eigenvalue weighted by atomic mass is 10.1.